The van der Waals surface area contributed by atoms with E-state index in [-0.39, 0.29) is 11.7 Å². The van der Waals surface area contributed by atoms with Crippen LogP contribution in [-0.4, -0.2) is 23.6 Å². The van der Waals surface area contributed by atoms with E-state index in [1.54, 1.807) is 18.2 Å². The maximum absolute atomic E-state index is 13.1. The summed E-state index contributed by atoms with van der Waals surface area (Å²) in [7, 11) is 0. The summed E-state index contributed by atoms with van der Waals surface area (Å²) in [5.74, 6) is 1.29. The molecule has 2 aliphatic rings. The molecule has 2 aliphatic heterocycles. The van der Waals surface area contributed by atoms with Gasteiger partial charge in [-0.15, -0.1) is 0 Å². The molecular formula is C22H16N2O3. The Bertz CT molecular complexity index is 1090. The molecule has 1 unspecified atom stereocenters. The van der Waals surface area contributed by atoms with Crippen molar-refractivity contribution in [2.75, 3.05) is 13.2 Å². The molecule has 0 fully saturated rings. The summed E-state index contributed by atoms with van der Waals surface area (Å²) in [4.78, 5) is 13.1. The predicted octanol–water partition coefficient (Wildman–Crippen LogP) is 3.84. The standard InChI is InChI=1S/C22H16N2O3/c23-13-14-3-5-15(6-4-14)16-10-20(25)17-11-21-22(27-9-8-26-21)12-19(17)24-7-1-2-18(16)24/h1-7,11-12,16H,8-10H2. The molecule has 3 heterocycles. The van der Waals surface area contributed by atoms with Crippen LogP contribution in [0, 0.1) is 11.3 Å². The summed E-state index contributed by atoms with van der Waals surface area (Å²) in [5, 5.41) is 9.04. The van der Waals surface area contributed by atoms with Crippen molar-refractivity contribution < 1.29 is 14.3 Å². The van der Waals surface area contributed by atoms with E-state index in [4.69, 9.17) is 14.7 Å². The lowest BCUT2D eigenvalue weighted by atomic mass is 9.89. The molecule has 132 valence electrons. The van der Waals surface area contributed by atoms with Crippen molar-refractivity contribution in [2.45, 2.75) is 12.3 Å². The van der Waals surface area contributed by atoms with Crippen molar-refractivity contribution in [3.05, 3.63) is 77.1 Å². The van der Waals surface area contributed by atoms with Crippen LogP contribution >= 0.6 is 0 Å². The molecule has 0 saturated heterocycles. The third-order valence-corrected chi connectivity index (χ3v) is 5.19. The molecule has 0 bridgehead atoms. The molecule has 0 saturated carbocycles. The van der Waals surface area contributed by atoms with Gasteiger partial charge in [0.25, 0.3) is 0 Å². The molecular weight excluding hydrogens is 340 g/mol. The first-order valence-corrected chi connectivity index (χ1v) is 8.89. The number of nitriles is 1. The smallest absolute Gasteiger partial charge is 0.166 e. The maximum Gasteiger partial charge on any atom is 0.166 e. The second-order valence-corrected chi connectivity index (χ2v) is 6.73. The summed E-state index contributed by atoms with van der Waals surface area (Å²) >= 11 is 0. The minimum Gasteiger partial charge on any atom is -0.486 e. The molecule has 1 atom stereocenters. The van der Waals surface area contributed by atoms with Gasteiger partial charge in [-0.2, -0.15) is 5.26 Å². The van der Waals surface area contributed by atoms with Crippen molar-refractivity contribution in [3.8, 4) is 23.3 Å². The molecule has 0 amide bonds. The highest BCUT2D eigenvalue weighted by Crippen LogP contribution is 2.41. The molecule has 0 spiro atoms. The highest BCUT2D eigenvalue weighted by Gasteiger charge is 2.30. The molecule has 5 heteroatoms. The summed E-state index contributed by atoms with van der Waals surface area (Å²) in [6.45, 7) is 0.995. The molecule has 0 radical (unpaired) electrons. The molecule has 0 N–H and O–H groups in total. The monoisotopic (exact) mass is 356 g/mol. The lowest BCUT2D eigenvalue weighted by Crippen LogP contribution is -2.16. The summed E-state index contributed by atoms with van der Waals surface area (Å²) < 4.78 is 13.4. The van der Waals surface area contributed by atoms with Crippen LogP contribution in [0.4, 0.5) is 0 Å². The SMILES string of the molecule is N#Cc1ccc(C2CC(=O)c3cc4c(cc3-n3cccc32)OCCO4)cc1. The highest BCUT2D eigenvalue weighted by molar-refractivity contribution is 6.01. The van der Waals surface area contributed by atoms with Gasteiger partial charge in [-0.1, -0.05) is 12.1 Å². The quantitative estimate of drug-likeness (QED) is 0.665. The molecule has 0 aliphatic carbocycles. The fourth-order valence-corrected chi connectivity index (χ4v) is 3.88. The second-order valence-electron chi connectivity index (χ2n) is 6.73. The molecule has 27 heavy (non-hydrogen) atoms. The summed E-state index contributed by atoms with van der Waals surface area (Å²) in [6, 6.07) is 17.3. The Morgan fingerprint density at radius 1 is 1.04 bits per heavy atom. The van der Waals surface area contributed by atoms with Crippen LogP contribution in [0.3, 0.4) is 0 Å². The Kier molecular flexibility index (Phi) is 3.51. The maximum atomic E-state index is 13.1. The summed E-state index contributed by atoms with van der Waals surface area (Å²) in [5.41, 5.74) is 4.14. The number of ether oxygens (including phenoxy) is 2. The first-order valence-electron chi connectivity index (χ1n) is 8.89. The second kappa shape index (κ2) is 6.03. The fraction of sp³-hybridized carbons (Fsp3) is 0.182. The van der Waals surface area contributed by atoms with Gasteiger partial charge in [0, 0.05) is 35.9 Å². The van der Waals surface area contributed by atoms with Gasteiger partial charge in [-0.05, 0) is 35.9 Å². The van der Waals surface area contributed by atoms with Crippen molar-refractivity contribution >= 4 is 5.78 Å². The third-order valence-electron chi connectivity index (χ3n) is 5.19. The first-order chi connectivity index (χ1) is 13.2. The number of fused-ring (bicyclic) bond motifs is 4. The number of Topliss-reactive ketones (excluding diaryl/α,β-unsaturated/α-hetero) is 1. The number of carbonyl (C=O) groups excluding carboxylic acids is 1. The van der Waals surface area contributed by atoms with Crippen LogP contribution in [0.5, 0.6) is 11.5 Å². The average molecular weight is 356 g/mol. The van der Waals surface area contributed by atoms with Gasteiger partial charge in [-0.3, -0.25) is 4.79 Å². The third kappa shape index (κ3) is 2.49. The number of carbonyl (C=O) groups is 1. The minimum atomic E-state index is -0.0773. The minimum absolute atomic E-state index is 0.0695. The lowest BCUT2D eigenvalue weighted by molar-refractivity contribution is 0.0978. The van der Waals surface area contributed by atoms with Gasteiger partial charge < -0.3 is 14.0 Å². The van der Waals surface area contributed by atoms with Crippen LogP contribution < -0.4 is 9.47 Å². The van der Waals surface area contributed by atoms with Crippen molar-refractivity contribution in [3.63, 3.8) is 0 Å². The number of rotatable bonds is 1. The van der Waals surface area contributed by atoms with Crippen LogP contribution in [-0.2, 0) is 0 Å². The Morgan fingerprint density at radius 2 is 1.78 bits per heavy atom. The van der Waals surface area contributed by atoms with Crippen molar-refractivity contribution in [1.82, 2.24) is 4.57 Å². The van der Waals surface area contributed by atoms with E-state index in [0.29, 0.717) is 42.3 Å². The van der Waals surface area contributed by atoms with E-state index in [2.05, 4.69) is 10.6 Å². The van der Waals surface area contributed by atoms with Crippen LogP contribution in [0.15, 0.2) is 54.7 Å². The van der Waals surface area contributed by atoms with Gasteiger partial charge in [0.15, 0.2) is 17.3 Å². The predicted molar refractivity (Wildman–Crippen MR) is 98.7 cm³/mol. The van der Waals surface area contributed by atoms with E-state index in [0.717, 1.165) is 16.9 Å². The van der Waals surface area contributed by atoms with Crippen molar-refractivity contribution in [1.29, 1.82) is 5.26 Å². The van der Waals surface area contributed by atoms with Gasteiger partial charge in [0.1, 0.15) is 13.2 Å². The molecule has 5 nitrogen and oxygen atoms in total. The van der Waals surface area contributed by atoms with Gasteiger partial charge in [0.05, 0.1) is 17.3 Å². The van der Waals surface area contributed by atoms with E-state index in [1.807, 2.05) is 36.5 Å². The van der Waals surface area contributed by atoms with Gasteiger partial charge in [-0.25, -0.2) is 0 Å². The zero-order valence-electron chi connectivity index (χ0n) is 14.5. The molecule has 2 aromatic carbocycles. The van der Waals surface area contributed by atoms with Crippen LogP contribution in [0.1, 0.15) is 39.5 Å². The normalized spacial score (nSPS) is 17.4. The Balaban J connectivity index is 1.66. The zero-order chi connectivity index (χ0) is 18.4. The lowest BCUT2D eigenvalue weighted by Gasteiger charge is -2.21. The fourth-order valence-electron chi connectivity index (χ4n) is 3.88. The average Bonchev–Trinajstić information content (AvgIpc) is 3.16. The van der Waals surface area contributed by atoms with E-state index >= 15 is 0 Å². The van der Waals surface area contributed by atoms with Gasteiger partial charge in [0.2, 0.25) is 0 Å². The number of benzene rings is 2. The Hall–Kier alpha value is -3.52. The van der Waals surface area contributed by atoms with E-state index in [1.165, 1.54) is 0 Å². The van der Waals surface area contributed by atoms with E-state index in [9.17, 15) is 4.79 Å². The zero-order valence-corrected chi connectivity index (χ0v) is 14.5. The Labute approximate surface area is 156 Å². The largest absolute Gasteiger partial charge is 0.486 e. The Morgan fingerprint density at radius 3 is 2.52 bits per heavy atom. The van der Waals surface area contributed by atoms with Crippen LogP contribution in [0.2, 0.25) is 0 Å². The van der Waals surface area contributed by atoms with E-state index < -0.39 is 0 Å². The number of nitrogens with zero attached hydrogens (tertiary/aromatic N) is 2. The van der Waals surface area contributed by atoms with Crippen molar-refractivity contribution in [2.24, 2.45) is 0 Å². The molecule has 5 rings (SSSR count). The first kappa shape index (κ1) is 15.7. The summed E-state index contributed by atoms with van der Waals surface area (Å²) in [6.07, 6.45) is 2.34. The number of hydrogen-bond acceptors (Lipinski definition) is 4. The number of aromatic nitrogens is 1. The topological polar surface area (TPSA) is 64.2 Å². The molecule has 1 aromatic heterocycles. The number of hydrogen-bond donors (Lipinski definition) is 0. The highest BCUT2D eigenvalue weighted by atomic mass is 16.6. The van der Waals surface area contributed by atoms with Gasteiger partial charge >= 0.3 is 0 Å². The van der Waals surface area contributed by atoms with Crippen LogP contribution in [0.25, 0.3) is 5.69 Å². The number of ketones is 1. The molecule has 3 aromatic rings.